The van der Waals surface area contributed by atoms with Gasteiger partial charge in [0.2, 0.25) is 5.95 Å². The van der Waals surface area contributed by atoms with Crippen LogP contribution in [0.5, 0.6) is 0 Å². The summed E-state index contributed by atoms with van der Waals surface area (Å²) in [6, 6.07) is 0. The van der Waals surface area contributed by atoms with Gasteiger partial charge in [0, 0.05) is 0 Å². The van der Waals surface area contributed by atoms with Crippen molar-refractivity contribution in [2.45, 2.75) is 49.1 Å². The Balaban J connectivity index is 1.56. The molecule has 41 heavy (non-hydrogen) atoms. The summed E-state index contributed by atoms with van der Waals surface area (Å²) in [6.45, 7) is -2.03. The first-order valence-corrected chi connectivity index (χ1v) is 15.5. The Hall–Kier alpha value is -1.72. The number of anilines is 1. The second kappa shape index (κ2) is 11.4. The first-order valence-electron chi connectivity index (χ1n) is 11.0. The van der Waals surface area contributed by atoms with E-state index in [9.17, 15) is 48.9 Å². The molecular formula is C15H24N5O18P3. The van der Waals surface area contributed by atoms with Crippen LogP contribution in [0.1, 0.15) is 12.6 Å². The predicted molar refractivity (Wildman–Crippen MR) is 125 cm³/mol. The fourth-order valence-corrected chi connectivity index (χ4v) is 7.53. The molecule has 0 radical (unpaired) electrons. The van der Waals surface area contributed by atoms with Gasteiger partial charge in [-0.3, -0.25) is 18.9 Å². The Morgan fingerprint density at radius 1 is 1.15 bits per heavy atom. The highest BCUT2D eigenvalue weighted by Gasteiger charge is 2.55. The minimum Gasteiger partial charge on any atom is -0.394 e. The van der Waals surface area contributed by atoms with E-state index in [2.05, 4.69) is 28.1 Å². The Bertz CT molecular complexity index is 1480. The number of aliphatic hydroxyl groups is 5. The second-order valence-electron chi connectivity index (χ2n) is 8.60. The van der Waals surface area contributed by atoms with E-state index in [1.54, 1.807) is 0 Å². The average molecular weight is 655 g/mol. The molecule has 0 spiro atoms. The molecule has 0 aromatic carbocycles. The standard InChI is InChI=1S/C15H24N5O18P3/c16-14-18-11-8(12(25)19-14)17-4-20(11)13-10(24)9(23)7(34-13)3-33-41(32,38-40(30,31)37-39(27,28)29)36-15(26)1-5(22)6(2-21)35-15/h4-7,9-10,13,21-24,26H,1-3H2,(H,30,31)(H2,27,28,29)(H3,16,18,19,25)/t5-,6+,7+,9+,10+,13+,15-,41?/m0/s1. The molecule has 232 valence electrons. The summed E-state index contributed by atoms with van der Waals surface area (Å²) in [6.07, 6.45) is -9.91. The van der Waals surface area contributed by atoms with E-state index >= 15 is 0 Å². The number of nitrogens with two attached hydrogens (primary N) is 1. The highest BCUT2D eigenvalue weighted by Crippen LogP contribution is 2.69. The average Bonchev–Trinajstić information content (AvgIpc) is 3.44. The maximum Gasteiger partial charge on any atom is 0.490 e. The molecule has 0 amide bonds. The van der Waals surface area contributed by atoms with E-state index in [1.807, 2.05) is 0 Å². The highest BCUT2D eigenvalue weighted by molar-refractivity contribution is 7.66. The number of H-pyrrole nitrogens is 1. The number of aliphatic hydroxyl groups excluding tert-OH is 4. The van der Waals surface area contributed by atoms with E-state index in [0.717, 1.165) is 10.9 Å². The number of phosphoric acid groups is 3. The number of phosphoric ester groups is 1. The number of nitrogens with one attached hydrogen (secondary N) is 1. The third kappa shape index (κ3) is 7.26. The van der Waals surface area contributed by atoms with Gasteiger partial charge < -0.3 is 55.4 Å². The van der Waals surface area contributed by atoms with E-state index in [-0.39, 0.29) is 17.1 Å². The number of rotatable bonds is 11. The zero-order valence-corrected chi connectivity index (χ0v) is 22.8. The number of ether oxygens (including phenoxy) is 2. The quantitative estimate of drug-likeness (QED) is 0.0828. The van der Waals surface area contributed by atoms with Gasteiger partial charge in [0.25, 0.3) is 11.5 Å². The third-order valence-electron chi connectivity index (χ3n) is 5.54. The lowest BCUT2D eigenvalue weighted by atomic mass is 10.1. The second-order valence-corrected chi connectivity index (χ2v) is 13.2. The summed E-state index contributed by atoms with van der Waals surface area (Å²) < 4.78 is 65.0. The van der Waals surface area contributed by atoms with Crippen LogP contribution in [-0.4, -0.2) is 109 Å². The van der Waals surface area contributed by atoms with Crippen molar-refractivity contribution in [1.29, 1.82) is 0 Å². The summed E-state index contributed by atoms with van der Waals surface area (Å²) in [5.41, 5.74) is 4.40. The molecule has 2 saturated heterocycles. The van der Waals surface area contributed by atoms with Crippen molar-refractivity contribution in [1.82, 2.24) is 19.5 Å². The maximum atomic E-state index is 13.3. The monoisotopic (exact) mass is 655 g/mol. The molecule has 4 heterocycles. The fraction of sp³-hybridized carbons (Fsp3) is 0.667. The third-order valence-corrected chi connectivity index (χ3v) is 9.81. The van der Waals surface area contributed by atoms with Crippen LogP contribution in [0.25, 0.3) is 11.2 Å². The Labute approximate surface area is 226 Å². The maximum absolute atomic E-state index is 13.3. The number of fused-ring (bicyclic) bond motifs is 1. The molecule has 2 aliphatic heterocycles. The highest BCUT2D eigenvalue weighted by atomic mass is 31.3. The van der Waals surface area contributed by atoms with Crippen LogP contribution in [0.4, 0.5) is 5.95 Å². The van der Waals surface area contributed by atoms with Crippen LogP contribution < -0.4 is 11.3 Å². The van der Waals surface area contributed by atoms with Crippen molar-refractivity contribution in [2.24, 2.45) is 0 Å². The lowest BCUT2D eigenvalue weighted by molar-refractivity contribution is -0.316. The van der Waals surface area contributed by atoms with Crippen LogP contribution in [0.3, 0.4) is 0 Å². The van der Waals surface area contributed by atoms with Crippen molar-refractivity contribution in [3.05, 3.63) is 16.7 Å². The molecule has 2 fully saturated rings. The summed E-state index contributed by atoms with van der Waals surface area (Å²) in [4.78, 5) is 49.3. The zero-order valence-electron chi connectivity index (χ0n) is 20.1. The van der Waals surface area contributed by atoms with Gasteiger partial charge in [0.15, 0.2) is 17.4 Å². The predicted octanol–water partition coefficient (Wildman–Crippen LogP) is -3.52. The topological polar surface area (TPSA) is 358 Å². The number of aromatic amines is 1. The minimum absolute atomic E-state index is 0.171. The first-order chi connectivity index (χ1) is 18.8. The van der Waals surface area contributed by atoms with E-state index in [0.29, 0.717) is 0 Å². The van der Waals surface area contributed by atoms with Crippen LogP contribution in [0, 0.1) is 0 Å². The van der Waals surface area contributed by atoms with Crippen LogP contribution in [0.2, 0.25) is 0 Å². The summed E-state index contributed by atoms with van der Waals surface area (Å²) in [5, 5.41) is 50.5. The van der Waals surface area contributed by atoms with Crippen molar-refractivity contribution in [2.75, 3.05) is 18.9 Å². The number of nitrogen functional groups attached to an aromatic ring is 1. The molecule has 2 aromatic heterocycles. The number of imidazole rings is 1. The largest absolute Gasteiger partial charge is 0.490 e. The van der Waals surface area contributed by atoms with Crippen LogP contribution in [-0.2, 0) is 40.8 Å². The SMILES string of the molecule is Nc1nc2c(ncn2[C@@H]2O[C@H](COP(=O)(O[C@]3(O)C[C@H](O)[C@@H](CO)O3)OP(=O)(O)OP(=O)(O)O)[C@@H](O)[C@H]2O)c(=O)[nH]1. The van der Waals surface area contributed by atoms with Crippen molar-refractivity contribution in [3.63, 3.8) is 0 Å². The molecule has 2 aromatic rings. The summed E-state index contributed by atoms with van der Waals surface area (Å²) in [5.74, 6) is -3.44. The Morgan fingerprint density at radius 3 is 2.44 bits per heavy atom. The van der Waals surface area contributed by atoms with Gasteiger partial charge in [-0.15, -0.1) is 0 Å². The molecule has 0 aliphatic carbocycles. The molecule has 0 bridgehead atoms. The summed E-state index contributed by atoms with van der Waals surface area (Å²) >= 11 is 0. The van der Waals surface area contributed by atoms with Gasteiger partial charge in [-0.2, -0.15) is 13.6 Å². The van der Waals surface area contributed by atoms with Gasteiger partial charge in [-0.25, -0.2) is 23.2 Å². The Morgan fingerprint density at radius 2 is 1.83 bits per heavy atom. The minimum atomic E-state index is -6.01. The first kappa shape index (κ1) is 32.2. The van der Waals surface area contributed by atoms with Crippen molar-refractivity contribution in [3.8, 4) is 0 Å². The van der Waals surface area contributed by atoms with Crippen LogP contribution in [0.15, 0.2) is 11.1 Å². The molecule has 9 atom stereocenters. The zero-order chi connectivity index (χ0) is 30.5. The molecule has 0 saturated carbocycles. The van der Waals surface area contributed by atoms with E-state index in [4.69, 9.17) is 29.5 Å². The lowest BCUT2D eigenvalue weighted by Gasteiger charge is -2.28. The fourth-order valence-electron chi connectivity index (χ4n) is 3.88. The lowest BCUT2D eigenvalue weighted by Crippen LogP contribution is -2.35. The van der Waals surface area contributed by atoms with Crippen molar-refractivity contribution >= 4 is 40.6 Å². The Kier molecular flexibility index (Phi) is 8.96. The molecule has 23 nitrogen and oxygen atoms in total. The normalized spacial score (nSPS) is 33.7. The van der Waals surface area contributed by atoms with Gasteiger partial charge in [-0.05, 0) is 0 Å². The van der Waals surface area contributed by atoms with Crippen LogP contribution >= 0.6 is 23.5 Å². The number of hydrogen-bond acceptors (Lipinski definition) is 18. The van der Waals surface area contributed by atoms with E-state index in [1.165, 1.54) is 0 Å². The molecular weight excluding hydrogens is 631 g/mol. The molecule has 26 heteroatoms. The molecule has 4 rings (SSSR count). The number of hydrogen-bond donors (Lipinski definition) is 10. The number of nitrogens with zero attached hydrogens (tertiary/aromatic N) is 3. The molecule has 2 unspecified atom stereocenters. The summed E-state index contributed by atoms with van der Waals surface area (Å²) in [7, 11) is -17.5. The van der Waals surface area contributed by atoms with E-state index < -0.39 is 91.4 Å². The number of aromatic nitrogens is 4. The van der Waals surface area contributed by atoms with Crippen molar-refractivity contribution < 1.29 is 81.1 Å². The molecule has 2 aliphatic rings. The van der Waals surface area contributed by atoms with Gasteiger partial charge in [0.1, 0.15) is 24.4 Å². The van der Waals surface area contributed by atoms with Gasteiger partial charge >= 0.3 is 23.5 Å². The smallest absolute Gasteiger partial charge is 0.394 e. The molecule has 11 N–H and O–H groups in total. The van der Waals surface area contributed by atoms with Gasteiger partial charge in [-0.1, -0.05) is 0 Å². The van der Waals surface area contributed by atoms with Gasteiger partial charge in [0.05, 0.1) is 32.1 Å².